The summed E-state index contributed by atoms with van der Waals surface area (Å²) in [6.07, 6.45) is 0. The van der Waals surface area contributed by atoms with Crippen LogP contribution in [0.3, 0.4) is 0 Å². The van der Waals surface area contributed by atoms with Gasteiger partial charge in [-0.1, -0.05) is 34.1 Å². The normalized spacial score (nSPS) is 10.3. The second-order valence-electron chi connectivity index (χ2n) is 4.04. The van der Waals surface area contributed by atoms with Crippen molar-refractivity contribution in [3.8, 4) is 17.2 Å². The van der Waals surface area contributed by atoms with Crippen LogP contribution in [0.2, 0.25) is 0 Å². The Morgan fingerprint density at radius 3 is 2.47 bits per heavy atom. The van der Waals surface area contributed by atoms with Crippen molar-refractivity contribution < 1.29 is 9.47 Å². The van der Waals surface area contributed by atoms with Gasteiger partial charge in [-0.3, -0.25) is 0 Å². The molecule has 19 heavy (non-hydrogen) atoms. The van der Waals surface area contributed by atoms with Crippen molar-refractivity contribution in [3.05, 3.63) is 52.5 Å². The van der Waals surface area contributed by atoms with Crippen molar-refractivity contribution in [2.75, 3.05) is 14.2 Å². The Morgan fingerprint density at radius 1 is 1.11 bits per heavy atom. The molecular weight excluding hydrogens is 306 g/mol. The fraction of sp³-hybridized carbons (Fsp3) is 0.200. The first-order valence-electron chi connectivity index (χ1n) is 5.98. The van der Waals surface area contributed by atoms with E-state index in [1.807, 2.05) is 49.5 Å². The first-order valence-corrected chi connectivity index (χ1v) is 6.78. The van der Waals surface area contributed by atoms with Crippen molar-refractivity contribution >= 4 is 15.9 Å². The van der Waals surface area contributed by atoms with Gasteiger partial charge in [0, 0.05) is 11.0 Å². The van der Waals surface area contributed by atoms with Crippen molar-refractivity contribution in [1.29, 1.82) is 0 Å². The van der Waals surface area contributed by atoms with Gasteiger partial charge in [0.1, 0.15) is 5.75 Å². The van der Waals surface area contributed by atoms with E-state index in [1.54, 1.807) is 7.11 Å². The van der Waals surface area contributed by atoms with Crippen molar-refractivity contribution in [2.45, 2.75) is 6.54 Å². The minimum atomic E-state index is 0.707. The lowest BCUT2D eigenvalue weighted by molar-refractivity contribution is 0.379. The van der Waals surface area contributed by atoms with E-state index in [2.05, 4.69) is 21.2 Å². The third-order valence-corrected chi connectivity index (χ3v) is 3.43. The molecule has 2 aromatic carbocycles. The molecule has 0 fully saturated rings. The molecule has 0 amide bonds. The molecule has 2 rings (SSSR count). The fourth-order valence-corrected chi connectivity index (χ4v) is 2.25. The molecule has 0 aliphatic rings. The minimum Gasteiger partial charge on any atom is -0.493 e. The highest BCUT2D eigenvalue weighted by Crippen LogP contribution is 2.32. The Hall–Kier alpha value is -1.52. The van der Waals surface area contributed by atoms with Crippen LogP contribution < -0.4 is 14.8 Å². The van der Waals surface area contributed by atoms with Crippen molar-refractivity contribution in [1.82, 2.24) is 5.32 Å². The number of halogens is 1. The first kappa shape index (κ1) is 13.9. The molecule has 0 aliphatic heterocycles. The summed E-state index contributed by atoms with van der Waals surface area (Å²) in [5.41, 5.74) is 1.19. The molecule has 4 heteroatoms. The lowest BCUT2D eigenvalue weighted by Gasteiger charge is -2.11. The van der Waals surface area contributed by atoms with Crippen LogP contribution in [0.25, 0.3) is 0 Å². The Kier molecular flexibility index (Phi) is 4.82. The zero-order chi connectivity index (χ0) is 13.7. The summed E-state index contributed by atoms with van der Waals surface area (Å²) in [7, 11) is 3.56. The van der Waals surface area contributed by atoms with Crippen LogP contribution in [0.1, 0.15) is 5.56 Å². The molecule has 2 aromatic rings. The standard InChI is InChI=1S/C15H16BrNO2/c1-17-10-11-7-8-12(9-13(11)16)19-15-6-4-3-5-14(15)18-2/h3-9,17H,10H2,1-2H3. The molecular formula is C15H16BrNO2. The SMILES string of the molecule is CNCc1ccc(Oc2ccccc2OC)cc1Br. The molecule has 100 valence electrons. The molecule has 1 N–H and O–H groups in total. The highest BCUT2D eigenvalue weighted by Gasteiger charge is 2.06. The molecule has 0 radical (unpaired) electrons. The van der Waals surface area contributed by atoms with E-state index >= 15 is 0 Å². The van der Waals surface area contributed by atoms with Crippen LogP contribution in [0.15, 0.2) is 46.9 Å². The van der Waals surface area contributed by atoms with E-state index in [9.17, 15) is 0 Å². The number of ether oxygens (including phenoxy) is 2. The van der Waals surface area contributed by atoms with Crippen LogP contribution in [0, 0.1) is 0 Å². The third kappa shape index (κ3) is 3.49. The van der Waals surface area contributed by atoms with Gasteiger partial charge in [-0.25, -0.2) is 0 Å². The molecule has 3 nitrogen and oxygen atoms in total. The second kappa shape index (κ2) is 6.59. The van der Waals surface area contributed by atoms with E-state index in [1.165, 1.54) is 5.56 Å². The van der Waals surface area contributed by atoms with Crippen molar-refractivity contribution in [2.24, 2.45) is 0 Å². The minimum absolute atomic E-state index is 0.707. The highest BCUT2D eigenvalue weighted by molar-refractivity contribution is 9.10. The van der Waals surface area contributed by atoms with Crippen LogP contribution >= 0.6 is 15.9 Å². The zero-order valence-electron chi connectivity index (χ0n) is 10.9. The summed E-state index contributed by atoms with van der Waals surface area (Å²) in [6, 6.07) is 13.5. The Labute approximate surface area is 121 Å². The Morgan fingerprint density at radius 2 is 1.84 bits per heavy atom. The van der Waals surface area contributed by atoms with Crippen LogP contribution in [-0.4, -0.2) is 14.2 Å². The highest BCUT2D eigenvalue weighted by atomic mass is 79.9. The second-order valence-corrected chi connectivity index (χ2v) is 4.89. The lowest BCUT2D eigenvalue weighted by atomic mass is 10.2. The molecule has 0 atom stereocenters. The zero-order valence-corrected chi connectivity index (χ0v) is 12.5. The largest absolute Gasteiger partial charge is 0.493 e. The quantitative estimate of drug-likeness (QED) is 0.903. The maximum absolute atomic E-state index is 5.84. The maximum Gasteiger partial charge on any atom is 0.169 e. The molecule has 0 saturated carbocycles. The number of benzene rings is 2. The summed E-state index contributed by atoms with van der Waals surface area (Å²) in [6.45, 7) is 0.815. The molecule has 0 spiro atoms. The summed E-state index contributed by atoms with van der Waals surface area (Å²) in [4.78, 5) is 0. The van der Waals surface area contributed by atoms with E-state index in [0.29, 0.717) is 5.75 Å². The van der Waals surface area contributed by atoms with Gasteiger partial charge >= 0.3 is 0 Å². The molecule has 0 unspecified atom stereocenters. The lowest BCUT2D eigenvalue weighted by Crippen LogP contribution is -2.05. The summed E-state index contributed by atoms with van der Waals surface area (Å²) in [5.74, 6) is 2.20. The van der Waals surface area contributed by atoms with Crippen LogP contribution in [0.5, 0.6) is 17.2 Å². The number of hydrogen-bond donors (Lipinski definition) is 1. The predicted molar refractivity (Wildman–Crippen MR) is 80.0 cm³/mol. The smallest absolute Gasteiger partial charge is 0.169 e. The van der Waals surface area contributed by atoms with Crippen molar-refractivity contribution in [3.63, 3.8) is 0 Å². The van der Waals surface area contributed by atoms with E-state index < -0.39 is 0 Å². The monoisotopic (exact) mass is 321 g/mol. The molecule has 0 heterocycles. The van der Waals surface area contributed by atoms with E-state index in [-0.39, 0.29) is 0 Å². The van der Waals surface area contributed by atoms with Crippen LogP contribution in [0.4, 0.5) is 0 Å². The Bertz CT molecular complexity index is 558. The third-order valence-electron chi connectivity index (χ3n) is 2.69. The average molecular weight is 322 g/mol. The van der Waals surface area contributed by atoms with Gasteiger partial charge in [0.05, 0.1) is 7.11 Å². The van der Waals surface area contributed by atoms with E-state index in [0.717, 1.165) is 22.5 Å². The fourth-order valence-electron chi connectivity index (χ4n) is 1.76. The van der Waals surface area contributed by atoms with Gasteiger partial charge in [0.2, 0.25) is 0 Å². The topological polar surface area (TPSA) is 30.5 Å². The number of para-hydroxylation sites is 2. The number of nitrogens with one attached hydrogen (secondary N) is 1. The van der Waals surface area contributed by atoms with E-state index in [4.69, 9.17) is 9.47 Å². The summed E-state index contributed by atoms with van der Waals surface area (Å²) < 4.78 is 12.1. The average Bonchev–Trinajstić information content (AvgIpc) is 2.43. The number of methoxy groups -OCH3 is 1. The molecule has 0 saturated heterocycles. The summed E-state index contributed by atoms with van der Waals surface area (Å²) in [5, 5.41) is 3.12. The molecule has 0 aromatic heterocycles. The summed E-state index contributed by atoms with van der Waals surface area (Å²) >= 11 is 3.55. The van der Waals surface area contributed by atoms with Gasteiger partial charge < -0.3 is 14.8 Å². The number of rotatable bonds is 5. The van der Waals surface area contributed by atoms with Gasteiger partial charge in [-0.15, -0.1) is 0 Å². The van der Waals surface area contributed by atoms with Gasteiger partial charge in [-0.2, -0.15) is 0 Å². The number of hydrogen-bond acceptors (Lipinski definition) is 3. The van der Waals surface area contributed by atoms with Gasteiger partial charge in [-0.05, 0) is 36.9 Å². The Balaban J connectivity index is 2.21. The maximum atomic E-state index is 5.84. The van der Waals surface area contributed by atoms with Crippen LogP contribution in [-0.2, 0) is 6.54 Å². The van der Waals surface area contributed by atoms with Gasteiger partial charge in [0.15, 0.2) is 11.5 Å². The molecule has 0 bridgehead atoms. The predicted octanol–water partition coefficient (Wildman–Crippen LogP) is 3.97. The molecule has 0 aliphatic carbocycles. The van der Waals surface area contributed by atoms with Gasteiger partial charge in [0.25, 0.3) is 0 Å². The first-order chi connectivity index (χ1) is 9.24.